The number of ether oxygens (including phenoxy) is 1. The fourth-order valence-electron chi connectivity index (χ4n) is 5.92. The maximum absolute atomic E-state index is 13.1. The number of aryl methyl sites for hydroxylation is 1. The molecule has 2 aliphatic heterocycles. The van der Waals surface area contributed by atoms with Gasteiger partial charge in [-0.3, -0.25) is 9.69 Å². The van der Waals surface area contributed by atoms with Gasteiger partial charge in [0.15, 0.2) is 0 Å². The zero-order valence-electron chi connectivity index (χ0n) is 23.0. The highest BCUT2D eigenvalue weighted by Crippen LogP contribution is 2.40. The second kappa shape index (κ2) is 11.9. The third-order valence-electron chi connectivity index (χ3n) is 8.08. The van der Waals surface area contributed by atoms with Crippen LogP contribution in [-0.2, 0) is 16.1 Å². The highest BCUT2D eigenvalue weighted by molar-refractivity contribution is 6.02. The monoisotopic (exact) mass is 526 g/mol. The molecular weight excluding hydrogens is 488 g/mol. The van der Waals surface area contributed by atoms with Crippen molar-refractivity contribution in [3.63, 3.8) is 0 Å². The van der Waals surface area contributed by atoms with Gasteiger partial charge < -0.3 is 20.3 Å². The van der Waals surface area contributed by atoms with Gasteiger partial charge in [0.2, 0.25) is 0 Å². The normalized spacial score (nSPS) is 19.1. The molecule has 3 aromatic carbocycles. The van der Waals surface area contributed by atoms with Crippen LogP contribution in [0.4, 0.5) is 21.9 Å². The molecule has 0 spiro atoms. The first-order chi connectivity index (χ1) is 18.9. The molecule has 5 rings (SSSR count). The van der Waals surface area contributed by atoms with Gasteiger partial charge in [-0.15, -0.1) is 0 Å². The molecule has 39 heavy (non-hydrogen) atoms. The van der Waals surface area contributed by atoms with Crippen molar-refractivity contribution in [2.45, 2.75) is 57.7 Å². The van der Waals surface area contributed by atoms with E-state index in [4.69, 9.17) is 4.74 Å². The largest absolute Gasteiger partial charge is 0.469 e. The van der Waals surface area contributed by atoms with E-state index in [1.165, 1.54) is 12.7 Å². The fraction of sp³-hybridized carbons (Fsp3) is 0.375. The average Bonchev–Trinajstić information content (AvgIpc) is 3.54. The van der Waals surface area contributed by atoms with Gasteiger partial charge in [0.1, 0.15) is 0 Å². The van der Waals surface area contributed by atoms with Crippen LogP contribution >= 0.6 is 0 Å². The van der Waals surface area contributed by atoms with E-state index in [0.717, 1.165) is 60.7 Å². The number of esters is 1. The molecule has 204 valence electrons. The lowest BCUT2D eigenvalue weighted by molar-refractivity contribution is -0.141. The summed E-state index contributed by atoms with van der Waals surface area (Å²) in [5.74, 6) is -0.212. The highest BCUT2D eigenvalue weighted by Gasteiger charge is 2.43. The van der Waals surface area contributed by atoms with Crippen LogP contribution in [0.1, 0.15) is 48.8 Å². The lowest BCUT2D eigenvalue weighted by atomic mass is 9.92. The van der Waals surface area contributed by atoms with Crippen molar-refractivity contribution < 1.29 is 14.3 Å². The third-order valence-corrected chi connectivity index (χ3v) is 8.08. The minimum absolute atomic E-state index is 0.0172. The Morgan fingerprint density at radius 2 is 1.74 bits per heavy atom. The standard InChI is InChI=1S/C32H38N4O3/c1-4-24(17-31(37)39-3)25-12-15-30(29(16-25)34-32(38)33-26-13-10-22(2)11-14-26)36-21-27-18-28(36)20-35(27)19-23-8-6-5-7-9-23/h5-16,24,27-28H,4,17-21H2,1-3H3,(H2,33,34,38)/t24?,27-,28-/m0/s1. The molecule has 0 radical (unpaired) electrons. The molecule has 0 aromatic heterocycles. The number of fused-ring (bicyclic) bond motifs is 2. The summed E-state index contributed by atoms with van der Waals surface area (Å²) in [6.45, 7) is 6.97. The van der Waals surface area contributed by atoms with Crippen LogP contribution < -0.4 is 15.5 Å². The Hall–Kier alpha value is -3.84. The summed E-state index contributed by atoms with van der Waals surface area (Å²) in [5, 5.41) is 6.08. The van der Waals surface area contributed by atoms with Gasteiger partial charge in [0.25, 0.3) is 0 Å². The Labute approximate surface area is 231 Å². The lowest BCUT2D eigenvalue weighted by Crippen LogP contribution is -2.46. The molecule has 3 atom stereocenters. The molecule has 7 heteroatoms. The van der Waals surface area contributed by atoms with Crippen molar-refractivity contribution in [2.75, 3.05) is 35.7 Å². The zero-order chi connectivity index (χ0) is 27.4. The fourth-order valence-corrected chi connectivity index (χ4v) is 5.92. The molecule has 2 saturated heterocycles. The summed E-state index contributed by atoms with van der Waals surface area (Å²) in [4.78, 5) is 30.2. The predicted octanol–water partition coefficient (Wildman–Crippen LogP) is 6.16. The number of rotatable bonds is 9. The molecule has 0 saturated carbocycles. The van der Waals surface area contributed by atoms with E-state index in [2.05, 4.69) is 69.8 Å². The maximum atomic E-state index is 13.1. The summed E-state index contributed by atoms with van der Waals surface area (Å²) < 4.78 is 4.93. The smallest absolute Gasteiger partial charge is 0.323 e. The van der Waals surface area contributed by atoms with E-state index in [1.807, 2.05) is 37.3 Å². The Morgan fingerprint density at radius 3 is 2.41 bits per heavy atom. The maximum Gasteiger partial charge on any atom is 0.323 e. The van der Waals surface area contributed by atoms with E-state index in [0.29, 0.717) is 18.5 Å². The molecule has 2 bridgehead atoms. The lowest BCUT2D eigenvalue weighted by Gasteiger charge is -2.36. The number of benzene rings is 3. The van der Waals surface area contributed by atoms with Crippen LogP contribution in [0.15, 0.2) is 72.8 Å². The second-order valence-electron chi connectivity index (χ2n) is 10.7. The molecule has 3 aromatic rings. The number of hydrogen-bond donors (Lipinski definition) is 2. The van der Waals surface area contributed by atoms with Gasteiger partial charge in [-0.1, -0.05) is 61.0 Å². The Kier molecular flexibility index (Phi) is 8.17. The van der Waals surface area contributed by atoms with Gasteiger partial charge in [-0.05, 0) is 61.1 Å². The van der Waals surface area contributed by atoms with E-state index in [1.54, 1.807) is 0 Å². The molecule has 7 nitrogen and oxygen atoms in total. The van der Waals surface area contributed by atoms with Crippen LogP contribution in [0, 0.1) is 6.92 Å². The van der Waals surface area contributed by atoms with Crippen LogP contribution in [0.25, 0.3) is 0 Å². The SMILES string of the molecule is CCC(CC(=O)OC)c1ccc(N2C[C@@H]3C[C@H]2CN3Cc2ccccc2)c(NC(=O)Nc2ccc(C)cc2)c1. The minimum atomic E-state index is -0.284. The average molecular weight is 527 g/mol. The van der Waals surface area contributed by atoms with Crippen LogP contribution in [0.3, 0.4) is 0 Å². The van der Waals surface area contributed by atoms with Crippen LogP contribution in [0.5, 0.6) is 0 Å². The number of nitrogens with one attached hydrogen (secondary N) is 2. The molecule has 2 heterocycles. The number of anilines is 3. The predicted molar refractivity (Wildman–Crippen MR) is 156 cm³/mol. The molecule has 0 aliphatic carbocycles. The van der Waals surface area contributed by atoms with Crippen LogP contribution in [0.2, 0.25) is 0 Å². The van der Waals surface area contributed by atoms with Gasteiger partial charge >= 0.3 is 12.0 Å². The number of urea groups is 1. The van der Waals surface area contributed by atoms with Gasteiger partial charge in [0.05, 0.1) is 24.9 Å². The molecular formula is C32H38N4O3. The van der Waals surface area contributed by atoms with Crippen LogP contribution in [-0.4, -0.2) is 49.2 Å². The number of methoxy groups -OCH3 is 1. The van der Waals surface area contributed by atoms with Crippen molar-refractivity contribution >= 4 is 29.1 Å². The van der Waals surface area contributed by atoms with E-state index in [-0.39, 0.29) is 17.9 Å². The summed E-state index contributed by atoms with van der Waals surface area (Å²) in [7, 11) is 1.42. The van der Waals surface area contributed by atoms with Gasteiger partial charge in [-0.25, -0.2) is 4.79 Å². The number of hydrogen-bond acceptors (Lipinski definition) is 5. The number of nitrogens with zero attached hydrogens (tertiary/aromatic N) is 2. The second-order valence-corrected chi connectivity index (χ2v) is 10.7. The van der Waals surface area contributed by atoms with Crippen molar-refractivity contribution in [1.82, 2.24) is 4.90 Å². The number of carbonyl (C=O) groups excluding carboxylic acids is 2. The Morgan fingerprint density at radius 1 is 0.974 bits per heavy atom. The summed E-state index contributed by atoms with van der Waals surface area (Å²) >= 11 is 0. The molecule has 2 fully saturated rings. The summed E-state index contributed by atoms with van der Waals surface area (Å²) in [6.07, 6.45) is 2.22. The van der Waals surface area contributed by atoms with Crippen molar-refractivity contribution in [1.29, 1.82) is 0 Å². The molecule has 2 amide bonds. The molecule has 1 unspecified atom stereocenters. The number of amides is 2. The number of likely N-dealkylation sites (tertiary alicyclic amines) is 1. The Balaban J connectivity index is 1.36. The quantitative estimate of drug-likeness (QED) is 0.327. The van der Waals surface area contributed by atoms with Gasteiger partial charge in [0, 0.05) is 37.4 Å². The van der Waals surface area contributed by atoms with E-state index < -0.39 is 0 Å². The van der Waals surface area contributed by atoms with Crippen molar-refractivity contribution in [3.05, 3.63) is 89.5 Å². The van der Waals surface area contributed by atoms with E-state index in [9.17, 15) is 9.59 Å². The van der Waals surface area contributed by atoms with Gasteiger partial charge in [-0.2, -0.15) is 0 Å². The summed E-state index contributed by atoms with van der Waals surface area (Å²) in [6, 6.07) is 25.2. The molecule has 2 aliphatic rings. The van der Waals surface area contributed by atoms with Crippen molar-refractivity contribution in [3.8, 4) is 0 Å². The van der Waals surface area contributed by atoms with E-state index >= 15 is 0 Å². The number of carbonyl (C=O) groups is 2. The third kappa shape index (κ3) is 6.25. The highest BCUT2D eigenvalue weighted by atomic mass is 16.5. The first-order valence-corrected chi connectivity index (χ1v) is 13.8. The first kappa shape index (κ1) is 26.8. The van der Waals surface area contributed by atoms with Crippen molar-refractivity contribution in [2.24, 2.45) is 0 Å². The number of piperazine rings is 1. The minimum Gasteiger partial charge on any atom is -0.469 e. The topological polar surface area (TPSA) is 73.9 Å². The zero-order valence-corrected chi connectivity index (χ0v) is 23.0. The molecule has 2 N–H and O–H groups in total. The Bertz CT molecular complexity index is 1290. The first-order valence-electron chi connectivity index (χ1n) is 13.8. The summed E-state index contributed by atoms with van der Waals surface area (Å²) in [5.41, 5.74) is 6.03.